The van der Waals surface area contributed by atoms with E-state index in [2.05, 4.69) is 12.6 Å². The summed E-state index contributed by atoms with van der Waals surface area (Å²) < 4.78 is 0. The molecule has 0 aliphatic heterocycles. The highest BCUT2D eigenvalue weighted by atomic mass is 32.1. The Morgan fingerprint density at radius 2 is 2.21 bits per heavy atom. The van der Waals surface area contributed by atoms with Gasteiger partial charge < -0.3 is 5.11 Å². The Morgan fingerprint density at radius 1 is 1.57 bits per heavy atom. The maximum atomic E-state index is 10.7. The van der Waals surface area contributed by atoms with Crippen molar-refractivity contribution in [2.24, 2.45) is 0 Å². The molecule has 70 valence electrons. The van der Waals surface area contributed by atoms with Gasteiger partial charge in [-0.3, -0.25) is 4.79 Å². The van der Waals surface area contributed by atoms with E-state index in [-0.39, 0.29) is 21.6 Å². The van der Waals surface area contributed by atoms with Gasteiger partial charge in [0, 0.05) is 10.5 Å². The average molecular weight is 207 g/mol. The molecule has 0 fully saturated rings. The van der Waals surface area contributed by atoms with Crippen LogP contribution in [0, 0.1) is 11.3 Å². The van der Waals surface area contributed by atoms with E-state index < -0.39 is 5.97 Å². The second kappa shape index (κ2) is 3.94. The number of nitriles is 1. The number of aromatic carboxylic acids is 1. The molecule has 0 spiro atoms. The molecule has 0 aliphatic rings. The van der Waals surface area contributed by atoms with Crippen molar-refractivity contribution in [1.82, 2.24) is 0 Å². The number of hydrogen-bond acceptors (Lipinski definition) is 4. The average Bonchev–Trinajstić information content (AvgIpc) is 2.17. The summed E-state index contributed by atoms with van der Waals surface area (Å²) in [4.78, 5) is 21.3. The number of rotatable bonds is 2. The van der Waals surface area contributed by atoms with Crippen LogP contribution in [0.1, 0.15) is 26.3 Å². The fraction of sp³-hybridized carbons (Fsp3) is 0. The van der Waals surface area contributed by atoms with Crippen LogP contribution in [0.3, 0.4) is 0 Å². The highest BCUT2D eigenvalue weighted by molar-refractivity contribution is 7.80. The lowest BCUT2D eigenvalue weighted by Gasteiger charge is -2.02. The lowest BCUT2D eigenvalue weighted by molar-refractivity contribution is 0.0693. The number of carbonyl (C=O) groups is 2. The van der Waals surface area contributed by atoms with Gasteiger partial charge in [0.15, 0.2) is 6.29 Å². The molecular formula is C9H5NO3S. The summed E-state index contributed by atoms with van der Waals surface area (Å²) in [5.74, 6) is -1.21. The fourth-order valence-corrected chi connectivity index (χ4v) is 1.25. The number of carboxylic acids is 1. The van der Waals surface area contributed by atoms with E-state index in [9.17, 15) is 9.59 Å². The minimum Gasteiger partial charge on any atom is -0.478 e. The Labute approximate surface area is 85.2 Å². The van der Waals surface area contributed by atoms with E-state index in [0.717, 1.165) is 0 Å². The Morgan fingerprint density at radius 3 is 2.64 bits per heavy atom. The van der Waals surface area contributed by atoms with E-state index in [1.807, 2.05) is 0 Å². The molecule has 1 aromatic carbocycles. The van der Waals surface area contributed by atoms with Crippen molar-refractivity contribution in [3.8, 4) is 6.07 Å². The first-order valence-corrected chi connectivity index (χ1v) is 4.00. The molecule has 0 unspecified atom stereocenters. The van der Waals surface area contributed by atoms with Gasteiger partial charge in [0.05, 0.1) is 17.2 Å². The van der Waals surface area contributed by atoms with E-state index in [1.165, 1.54) is 12.1 Å². The topological polar surface area (TPSA) is 78.2 Å². The molecule has 0 radical (unpaired) electrons. The van der Waals surface area contributed by atoms with Crippen LogP contribution >= 0.6 is 12.6 Å². The third-order valence-electron chi connectivity index (χ3n) is 1.63. The quantitative estimate of drug-likeness (QED) is 0.567. The SMILES string of the molecule is N#Cc1cc(C=O)c(S)c(C(=O)O)c1. The zero-order chi connectivity index (χ0) is 10.7. The summed E-state index contributed by atoms with van der Waals surface area (Å²) in [6.07, 6.45) is 0.468. The Bertz CT molecular complexity index is 448. The van der Waals surface area contributed by atoms with Crippen molar-refractivity contribution >= 4 is 24.9 Å². The van der Waals surface area contributed by atoms with Crippen LogP contribution < -0.4 is 0 Å². The molecule has 0 atom stereocenters. The van der Waals surface area contributed by atoms with Gasteiger partial charge in [-0.2, -0.15) is 5.26 Å². The number of nitrogens with zero attached hydrogens (tertiary/aromatic N) is 1. The van der Waals surface area contributed by atoms with Crippen molar-refractivity contribution in [1.29, 1.82) is 5.26 Å². The van der Waals surface area contributed by atoms with Crippen LogP contribution in [0.2, 0.25) is 0 Å². The van der Waals surface area contributed by atoms with Gasteiger partial charge >= 0.3 is 5.97 Å². The molecule has 5 heteroatoms. The van der Waals surface area contributed by atoms with Gasteiger partial charge in [0.1, 0.15) is 0 Å². The number of carbonyl (C=O) groups excluding carboxylic acids is 1. The molecule has 1 aromatic rings. The van der Waals surface area contributed by atoms with E-state index in [1.54, 1.807) is 6.07 Å². The Balaban J connectivity index is 3.51. The van der Waals surface area contributed by atoms with E-state index >= 15 is 0 Å². The predicted octanol–water partition coefficient (Wildman–Crippen LogP) is 1.36. The second-order valence-corrected chi connectivity index (χ2v) is 2.94. The smallest absolute Gasteiger partial charge is 0.336 e. The molecule has 14 heavy (non-hydrogen) atoms. The lowest BCUT2D eigenvalue weighted by atomic mass is 10.1. The standard InChI is InChI=1S/C9H5NO3S/c10-3-5-1-6(4-11)8(14)7(2-5)9(12)13/h1-2,4,14H,(H,12,13). The molecule has 1 rings (SSSR count). The van der Waals surface area contributed by atoms with Crippen LogP contribution in [-0.2, 0) is 0 Å². The zero-order valence-electron chi connectivity index (χ0n) is 6.89. The molecule has 0 heterocycles. The van der Waals surface area contributed by atoms with Crippen LogP contribution in [0.5, 0.6) is 0 Å². The normalized spacial score (nSPS) is 9.14. The summed E-state index contributed by atoms with van der Waals surface area (Å²) in [7, 11) is 0. The van der Waals surface area contributed by atoms with E-state index in [0.29, 0.717) is 6.29 Å². The maximum absolute atomic E-state index is 10.7. The number of benzene rings is 1. The summed E-state index contributed by atoms with van der Waals surface area (Å²) in [6.45, 7) is 0. The molecule has 0 amide bonds. The van der Waals surface area contributed by atoms with Gasteiger partial charge in [-0.25, -0.2) is 4.79 Å². The minimum atomic E-state index is -1.21. The van der Waals surface area contributed by atoms with Crippen molar-refractivity contribution in [3.63, 3.8) is 0 Å². The minimum absolute atomic E-state index is 0.0755. The second-order valence-electron chi connectivity index (χ2n) is 2.50. The number of thiol groups is 1. The van der Waals surface area contributed by atoms with Gasteiger partial charge in [-0.05, 0) is 12.1 Å². The van der Waals surface area contributed by atoms with Crippen molar-refractivity contribution in [2.45, 2.75) is 4.90 Å². The number of carboxylic acid groups (broad SMARTS) is 1. The lowest BCUT2D eigenvalue weighted by Crippen LogP contribution is -2.01. The van der Waals surface area contributed by atoms with Crippen LogP contribution in [-0.4, -0.2) is 17.4 Å². The Hall–Kier alpha value is -1.80. The number of aldehydes is 1. The monoisotopic (exact) mass is 207 g/mol. The first-order chi connectivity index (χ1) is 6.60. The maximum Gasteiger partial charge on any atom is 0.336 e. The number of hydrogen-bond donors (Lipinski definition) is 2. The predicted molar refractivity (Wildman–Crippen MR) is 50.8 cm³/mol. The van der Waals surface area contributed by atoms with Crippen LogP contribution in [0.15, 0.2) is 17.0 Å². The first-order valence-electron chi connectivity index (χ1n) is 3.55. The van der Waals surface area contributed by atoms with Crippen LogP contribution in [0.25, 0.3) is 0 Å². The molecule has 1 N–H and O–H groups in total. The first kappa shape index (κ1) is 10.3. The summed E-state index contributed by atoms with van der Waals surface area (Å²) >= 11 is 3.90. The molecule has 0 bridgehead atoms. The summed E-state index contributed by atoms with van der Waals surface area (Å²) in [6, 6.07) is 4.24. The summed E-state index contributed by atoms with van der Waals surface area (Å²) in [5, 5.41) is 17.3. The van der Waals surface area contributed by atoms with Gasteiger partial charge in [0.2, 0.25) is 0 Å². The van der Waals surface area contributed by atoms with Crippen molar-refractivity contribution in [2.75, 3.05) is 0 Å². The highest BCUT2D eigenvalue weighted by Crippen LogP contribution is 2.20. The molecule has 0 aliphatic carbocycles. The van der Waals surface area contributed by atoms with Gasteiger partial charge in [0.25, 0.3) is 0 Å². The molecule has 0 saturated carbocycles. The molecule has 0 aromatic heterocycles. The molecular weight excluding hydrogens is 202 g/mol. The van der Waals surface area contributed by atoms with Gasteiger partial charge in [-0.15, -0.1) is 12.6 Å². The fourth-order valence-electron chi connectivity index (χ4n) is 0.974. The molecule has 4 nitrogen and oxygen atoms in total. The third kappa shape index (κ3) is 1.75. The van der Waals surface area contributed by atoms with E-state index in [4.69, 9.17) is 10.4 Å². The highest BCUT2D eigenvalue weighted by Gasteiger charge is 2.12. The third-order valence-corrected chi connectivity index (χ3v) is 2.12. The van der Waals surface area contributed by atoms with Crippen LogP contribution in [0.4, 0.5) is 0 Å². The zero-order valence-corrected chi connectivity index (χ0v) is 7.78. The largest absolute Gasteiger partial charge is 0.478 e. The Kier molecular flexibility index (Phi) is 2.89. The molecule has 0 saturated heterocycles. The van der Waals surface area contributed by atoms with Gasteiger partial charge in [-0.1, -0.05) is 0 Å². The van der Waals surface area contributed by atoms with Crippen molar-refractivity contribution < 1.29 is 14.7 Å². The van der Waals surface area contributed by atoms with Crippen molar-refractivity contribution in [3.05, 3.63) is 28.8 Å². The summed E-state index contributed by atoms with van der Waals surface area (Å²) in [5.41, 5.74) is 0.0848.